The monoisotopic (exact) mass is 386 g/mol. The summed E-state index contributed by atoms with van der Waals surface area (Å²) in [6.45, 7) is 5.75. The molecule has 0 spiro atoms. The minimum atomic E-state index is 0.811. The number of aryl methyl sites for hydroxylation is 1. The molecule has 4 nitrogen and oxygen atoms in total. The van der Waals surface area contributed by atoms with Gasteiger partial charge in [0.05, 0.1) is 11.6 Å². The van der Waals surface area contributed by atoms with E-state index in [-0.39, 0.29) is 0 Å². The zero-order chi connectivity index (χ0) is 18.9. The molecule has 0 amide bonds. The number of hydrogen-bond acceptors (Lipinski definition) is 5. The summed E-state index contributed by atoms with van der Waals surface area (Å²) in [6.07, 6.45) is 8.50. The molecule has 0 aliphatic carbocycles. The lowest BCUT2D eigenvalue weighted by Gasteiger charge is -2.35. The lowest BCUT2D eigenvalue weighted by Crippen LogP contribution is -2.33. The van der Waals surface area contributed by atoms with Crippen LogP contribution in [0.1, 0.15) is 21.0 Å². The molecule has 2 aliphatic rings. The average molecular weight is 387 g/mol. The van der Waals surface area contributed by atoms with Gasteiger partial charge >= 0.3 is 0 Å². The van der Waals surface area contributed by atoms with Gasteiger partial charge in [-0.25, -0.2) is 9.97 Å². The Morgan fingerprint density at radius 2 is 1.93 bits per heavy atom. The predicted molar refractivity (Wildman–Crippen MR) is 115 cm³/mol. The maximum atomic E-state index is 4.69. The largest absolute Gasteiger partial charge is 0.327 e. The second-order valence-corrected chi connectivity index (χ2v) is 8.59. The van der Waals surface area contributed by atoms with Crippen molar-refractivity contribution in [3.05, 3.63) is 93.7 Å². The first-order chi connectivity index (χ1) is 13.8. The Morgan fingerprint density at radius 3 is 2.75 bits per heavy atom. The summed E-state index contributed by atoms with van der Waals surface area (Å²) in [4.78, 5) is 15.1. The Labute approximate surface area is 169 Å². The van der Waals surface area contributed by atoms with Gasteiger partial charge in [-0.3, -0.25) is 4.90 Å². The maximum Gasteiger partial charge on any atom is 0.140 e. The number of nitrogens with zero attached hydrogens (tertiary/aromatic N) is 4. The fraction of sp³-hybridized carbons (Fsp3) is 0.217. The summed E-state index contributed by atoms with van der Waals surface area (Å²) in [6, 6.07) is 14.9. The third-order valence-corrected chi connectivity index (χ3v) is 6.10. The van der Waals surface area contributed by atoms with E-state index in [4.69, 9.17) is 4.98 Å². The molecule has 0 saturated heterocycles. The van der Waals surface area contributed by atoms with Crippen LogP contribution in [0.2, 0.25) is 0 Å². The molecule has 4 heterocycles. The molecule has 0 atom stereocenters. The van der Waals surface area contributed by atoms with E-state index in [9.17, 15) is 0 Å². The van der Waals surface area contributed by atoms with Gasteiger partial charge in [-0.15, -0.1) is 11.3 Å². The molecule has 0 unspecified atom stereocenters. The van der Waals surface area contributed by atoms with Crippen molar-refractivity contribution < 1.29 is 0 Å². The van der Waals surface area contributed by atoms with Gasteiger partial charge in [-0.05, 0) is 35.8 Å². The van der Waals surface area contributed by atoms with Crippen LogP contribution < -0.4 is 4.90 Å². The molecule has 28 heavy (non-hydrogen) atoms. The molecule has 2 aromatic heterocycles. The topological polar surface area (TPSA) is 32.3 Å². The van der Waals surface area contributed by atoms with Crippen LogP contribution in [-0.4, -0.2) is 28.0 Å². The predicted octanol–water partition coefficient (Wildman–Crippen LogP) is 4.65. The number of fused-ring (bicyclic) bond motifs is 3. The smallest absolute Gasteiger partial charge is 0.140 e. The van der Waals surface area contributed by atoms with Crippen molar-refractivity contribution in [3.8, 4) is 0 Å². The van der Waals surface area contributed by atoms with Crippen molar-refractivity contribution in [2.24, 2.45) is 0 Å². The quantitative estimate of drug-likeness (QED) is 0.653. The van der Waals surface area contributed by atoms with E-state index in [1.54, 1.807) is 11.3 Å². The van der Waals surface area contributed by atoms with E-state index in [1.165, 1.54) is 27.2 Å². The van der Waals surface area contributed by atoms with Gasteiger partial charge in [0.25, 0.3) is 0 Å². The molecular weight excluding hydrogens is 364 g/mol. The zero-order valence-corrected chi connectivity index (χ0v) is 16.7. The highest BCUT2D eigenvalue weighted by atomic mass is 32.1. The summed E-state index contributed by atoms with van der Waals surface area (Å²) in [5.41, 5.74) is 5.29. The third kappa shape index (κ3) is 3.39. The molecule has 2 aliphatic heterocycles. The van der Waals surface area contributed by atoms with Crippen molar-refractivity contribution in [2.75, 3.05) is 18.0 Å². The minimum Gasteiger partial charge on any atom is -0.327 e. The van der Waals surface area contributed by atoms with Crippen LogP contribution in [0.15, 0.2) is 72.7 Å². The SMILES string of the molecule is Cc1ncc(CN2C=C3CN(Cc4ccccc4)CC=C3c3cccnc32)s1. The van der Waals surface area contributed by atoms with Gasteiger partial charge in [0.1, 0.15) is 5.82 Å². The molecule has 3 aromatic rings. The zero-order valence-electron chi connectivity index (χ0n) is 15.9. The van der Waals surface area contributed by atoms with Gasteiger partial charge in [-0.2, -0.15) is 0 Å². The van der Waals surface area contributed by atoms with E-state index in [1.807, 2.05) is 18.5 Å². The molecular formula is C23H22N4S. The van der Waals surface area contributed by atoms with E-state index in [2.05, 4.69) is 70.4 Å². The van der Waals surface area contributed by atoms with Crippen LogP contribution in [-0.2, 0) is 13.1 Å². The van der Waals surface area contributed by atoms with Crippen molar-refractivity contribution in [1.29, 1.82) is 0 Å². The normalized spacial score (nSPS) is 16.2. The van der Waals surface area contributed by atoms with Crippen LogP contribution in [0, 0.1) is 6.92 Å². The number of rotatable bonds is 4. The van der Waals surface area contributed by atoms with Gasteiger partial charge in [0, 0.05) is 48.7 Å². The second kappa shape index (κ2) is 7.34. The molecule has 5 heteroatoms. The molecule has 0 bridgehead atoms. The van der Waals surface area contributed by atoms with E-state index in [0.29, 0.717) is 0 Å². The highest BCUT2D eigenvalue weighted by molar-refractivity contribution is 7.11. The van der Waals surface area contributed by atoms with Crippen molar-refractivity contribution in [1.82, 2.24) is 14.9 Å². The fourth-order valence-electron chi connectivity index (χ4n) is 3.95. The maximum absolute atomic E-state index is 4.69. The molecule has 0 fully saturated rings. The number of anilines is 1. The van der Waals surface area contributed by atoms with Crippen LogP contribution in [0.4, 0.5) is 5.82 Å². The number of aromatic nitrogens is 2. The fourth-order valence-corrected chi connectivity index (χ4v) is 4.74. The van der Waals surface area contributed by atoms with Crippen LogP contribution in [0.3, 0.4) is 0 Å². The first-order valence-electron chi connectivity index (χ1n) is 9.57. The third-order valence-electron chi connectivity index (χ3n) is 5.20. The highest BCUT2D eigenvalue weighted by Gasteiger charge is 2.27. The molecule has 5 rings (SSSR count). The minimum absolute atomic E-state index is 0.811. The summed E-state index contributed by atoms with van der Waals surface area (Å²) >= 11 is 1.75. The van der Waals surface area contributed by atoms with E-state index in [0.717, 1.165) is 37.0 Å². The standard InChI is InChI=1S/C23H22N4S/c1-17-25-12-20(28-17)16-27-15-19-14-26(13-18-6-3-2-4-7-18)11-9-21(19)22-8-5-10-24-23(22)27/h2-10,12,15H,11,13-14,16H2,1H3. The summed E-state index contributed by atoms with van der Waals surface area (Å²) in [5, 5.41) is 1.10. The van der Waals surface area contributed by atoms with Crippen molar-refractivity contribution in [2.45, 2.75) is 20.0 Å². The van der Waals surface area contributed by atoms with Crippen molar-refractivity contribution >= 4 is 22.7 Å². The van der Waals surface area contributed by atoms with Crippen molar-refractivity contribution in [3.63, 3.8) is 0 Å². The Bertz CT molecular complexity index is 1050. The highest BCUT2D eigenvalue weighted by Crippen LogP contribution is 2.38. The Hall–Kier alpha value is -2.76. The number of hydrogen-bond donors (Lipinski definition) is 0. The summed E-state index contributed by atoms with van der Waals surface area (Å²) < 4.78 is 0. The van der Waals surface area contributed by atoms with E-state index >= 15 is 0 Å². The lowest BCUT2D eigenvalue weighted by atomic mass is 9.92. The first kappa shape index (κ1) is 17.3. The van der Waals surface area contributed by atoms with Gasteiger partial charge < -0.3 is 4.90 Å². The molecule has 0 radical (unpaired) electrons. The summed E-state index contributed by atoms with van der Waals surface area (Å²) in [7, 11) is 0. The molecule has 140 valence electrons. The van der Waals surface area contributed by atoms with Crippen LogP contribution in [0.5, 0.6) is 0 Å². The first-order valence-corrected chi connectivity index (χ1v) is 10.4. The lowest BCUT2D eigenvalue weighted by molar-refractivity contribution is 0.317. The summed E-state index contributed by atoms with van der Waals surface area (Å²) in [5.74, 6) is 1.04. The number of thiazole rings is 1. The van der Waals surface area contributed by atoms with Crippen LogP contribution >= 0.6 is 11.3 Å². The Balaban J connectivity index is 1.45. The molecule has 0 N–H and O–H groups in total. The molecule has 0 saturated carbocycles. The van der Waals surface area contributed by atoms with Gasteiger partial charge in [-0.1, -0.05) is 36.4 Å². The van der Waals surface area contributed by atoms with Gasteiger partial charge in [0.2, 0.25) is 0 Å². The van der Waals surface area contributed by atoms with Crippen LogP contribution in [0.25, 0.3) is 5.57 Å². The molecule has 1 aromatic carbocycles. The number of pyridine rings is 1. The van der Waals surface area contributed by atoms with E-state index < -0.39 is 0 Å². The second-order valence-electron chi connectivity index (χ2n) is 7.28. The Morgan fingerprint density at radius 1 is 1.04 bits per heavy atom. The van der Waals surface area contributed by atoms with Gasteiger partial charge in [0.15, 0.2) is 0 Å². The Kier molecular flexibility index (Phi) is 4.55. The number of benzene rings is 1. The average Bonchev–Trinajstić information content (AvgIpc) is 3.13.